The minimum absolute atomic E-state index is 0.0266. The number of pyridine rings is 1. The standard InChI is InChI=1S/C20H21N3O4.C2H6/c1-15-11-18(27-14-19-21-7-2-8-22-19)12-20(25)23(15)13-16-3-5-17(6-4-16)26-10-9-24;1-2/h2-8,11-12,24H,9-10,13-14H2,1H3;1-2H3. The van der Waals surface area contributed by atoms with Gasteiger partial charge in [-0.05, 0) is 36.8 Å². The van der Waals surface area contributed by atoms with Gasteiger partial charge in [0.2, 0.25) is 0 Å². The average Bonchev–Trinajstić information content (AvgIpc) is 2.76. The molecule has 7 nitrogen and oxygen atoms in total. The van der Waals surface area contributed by atoms with E-state index in [1.807, 2.05) is 51.1 Å². The van der Waals surface area contributed by atoms with Crippen LogP contribution in [0.15, 0.2) is 59.7 Å². The SMILES string of the molecule is CC.Cc1cc(OCc2ncccn2)cc(=O)n1Cc1ccc(OCCO)cc1. The highest BCUT2D eigenvalue weighted by Crippen LogP contribution is 2.15. The number of nitrogens with zero attached hydrogens (tertiary/aromatic N) is 3. The molecule has 0 radical (unpaired) electrons. The third kappa shape index (κ3) is 6.73. The van der Waals surface area contributed by atoms with E-state index in [-0.39, 0.29) is 25.4 Å². The summed E-state index contributed by atoms with van der Waals surface area (Å²) in [5.74, 6) is 1.74. The Hall–Kier alpha value is -3.19. The molecular weight excluding hydrogens is 370 g/mol. The number of hydrogen-bond donors (Lipinski definition) is 1. The van der Waals surface area contributed by atoms with Crippen LogP contribution >= 0.6 is 0 Å². The maximum atomic E-state index is 12.5. The molecule has 0 spiro atoms. The Balaban J connectivity index is 0.00000145. The van der Waals surface area contributed by atoms with Crippen molar-refractivity contribution in [2.75, 3.05) is 13.2 Å². The highest BCUT2D eigenvalue weighted by Gasteiger charge is 2.07. The molecule has 7 heteroatoms. The number of benzene rings is 1. The van der Waals surface area contributed by atoms with Gasteiger partial charge in [-0.2, -0.15) is 0 Å². The molecule has 154 valence electrons. The third-order valence-corrected chi connectivity index (χ3v) is 3.92. The van der Waals surface area contributed by atoms with Crippen molar-refractivity contribution in [3.05, 3.63) is 82.3 Å². The molecule has 29 heavy (non-hydrogen) atoms. The zero-order chi connectivity index (χ0) is 21.1. The Morgan fingerprint density at radius 3 is 2.31 bits per heavy atom. The molecule has 0 unspecified atom stereocenters. The van der Waals surface area contributed by atoms with Gasteiger partial charge in [0.15, 0.2) is 5.82 Å². The number of aromatic nitrogens is 3. The molecule has 3 rings (SSSR count). The van der Waals surface area contributed by atoms with E-state index in [1.54, 1.807) is 23.0 Å². The van der Waals surface area contributed by atoms with Crippen LogP contribution in [0.25, 0.3) is 0 Å². The summed E-state index contributed by atoms with van der Waals surface area (Å²) < 4.78 is 12.7. The van der Waals surface area contributed by atoms with E-state index in [4.69, 9.17) is 14.6 Å². The lowest BCUT2D eigenvalue weighted by molar-refractivity contribution is 0.201. The lowest BCUT2D eigenvalue weighted by Crippen LogP contribution is -2.22. The van der Waals surface area contributed by atoms with Gasteiger partial charge in [0.25, 0.3) is 5.56 Å². The number of aliphatic hydroxyl groups is 1. The van der Waals surface area contributed by atoms with Crippen LogP contribution in [0.5, 0.6) is 11.5 Å². The van der Waals surface area contributed by atoms with Gasteiger partial charge in [0.05, 0.1) is 13.2 Å². The largest absolute Gasteiger partial charge is 0.491 e. The van der Waals surface area contributed by atoms with Crippen molar-refractivity contribution < 1.29 is 14.6 Å². The first-order valence-corrected chi connectivity index (χ1v) is 9.58. The van der Waals surface area contributed by atoms with Crippen LogP contribution in [0.2, 0.25) is 0 Å². The second kappa shape index (κ2) is 11.6. The van der Waals surface area contributed by atoms with Gasteiger partial charge in [-0.1, -0.05) is 26.0 Å². The molecule has 1 aromatic carbocycles. The summed E-state index contributed by atoms with van der Waals surface area (Å²) in [6.45, 7) is 6.76. The maximum absolute atomic E-state index is 12.5. The summed E-state index contributed by atoms with van der Waals surface area (Å²) >= 11 is 0. The maximum Gasteiger partial charge on any atom is 0.254 e. The van der Waals surface area contributed by atoms with Gasteiger partial charge in [-0.15, -0.1) is 0 Å². The number of aryl methyl sites for hydroxylation is 1. The first-order chi connectivity index (χ1) is 14.2. The molecule has 0 aliphatic heterocycles. The normalized spacial score (nSPS) is 10.1. The quantitative estimate of drug-likeness (QED) is 0.629. The van der Waals surface area contributed by atoms with Crippen LogP contribution in [-0.2, 0) is 13.2 Å². The summed E-state index contributed by atoms with van der Waals surface area (Å²) in [6, 6.07) is 12.5. The molecule has 0 atom stereocenters. The zero-order valence-corrected chi connectivity index (χ0v) is 17.0. The second-order valence-corrected chi connectivity index (χ2v) is 5.93. The van der Waals surface area contributed by atoms with Crippen molar-refractivity contribution in [2.45, 2.75) is 33.9 Å². The predicted molar refractivity (Wildman–Crippen MR) is 111 cm³/mol. The monoisotopic (exact) mass is 397 g/mol. The third-order valence-electron chi connectivity index (χ3n) is 3.92. The van der Waals surface area contributed by atoms with Crippen molar-refractivity contribution in [3.63, 3.8) is 0 Å². The molecule has 0 aliphatic rings. The molecule has 0 bridgehead atoms. The Morgan fingerprint density at radius 1 is 1.00 bits per heavy atom. The summed E-state index contributed by atoms with van der Waals surface area (Å²) in [6.07, 6.45) is 3.30. The van der Waals surface area contributed by atoms with Crippen molar-refractivity contribution in [1.29, 1.82) is 0 Å². The van der Waals surface area contributed by atoms with Crippen LogP contribution < -0.4 is 15.0 Å². The highest BCUT2D eigenvalue weighted by atomic mass is 16.5. The van der Waals surface area contributed by atoms with Gasteiger partial charge >= 0.3 is 0 Å². The minimum atomic E-state index is -0.139. The number of ether oxygens (including phenoxy) is 2. The number of aliphatic hydroxyl groups excluding tert-OH is 1. The number of rotatable bonds is 8. The Labute approximate surface area is 170 Å². The molecule has 2 aromatic heterocycles. The van der Waals surface area contributed by atoms with Crippen molar-refractivity contribution in [2.24, 2.45) is 0 Å². The predicted octanol–water partition coefficient (Wildman–Crippen LogP) is 2.97. The fourth-order valence-corrected chi connectivity index (χ4v) is 2.57. The van der Waals surface area contributed by atoms with Gasteiger partial charge in [0, 0.05) is 24.2 Å². The molecule has 0 saturated heterocycles. The van der Waals surface area contributed by atoms with E-state index in [2.05, 4.69) is 9.97 Å². The topological polar surface area (TPSA) is 86.5 Å². The molecular formula is C22H27N3O4. The van der Waals surface area contributed by atoms with Crippen molar-refractivity contribution >= 4 is 0 Å². The molecule has 2 heterocycles. The molecule has 0 fully saturated rings. The Kier molecular flexibility index (Phi) is 8.85. The summed E-state index contributed by atoms with van der Waals surface area (Å²) in [7, 11) is 0. The van der Waals surface area contributed by atoms with E-state index in [0.717, 1.165) is 11.3 Å². The first-order valence-electron chi connectivity index (χ1n) is 9.58. The van der Waals surface area contributed by atoms with E-state index in [9.17, 15) is 4.79 Å². The van der Waals surface area contributed by atoms with Crippen LogP contribution in [0, 0.1) is 6.92 Å². The van der Waals surface area contributed by atoms with Gasteiger partial charge < -0.3 is 19.1 Å². The lowest BCUT2D eigenvalue weighted by atomic mass is 10.2. The molecule has 0 amide bonds. The van der Waals surface area contributed by atoms with Crippen LogP contribution in [0.3, 0.4) is 0 Å². The number of hydrogen-bond acceptors (Lipinski definition) is 6. The van der Waals surface area contributed by atoms with E-state index in [0.29, 0.717) is 23.9 Å². The molecule has 1 N–H and O–H groups in total. The average molecular weight is 397 g/mol. The Bertz CT molecular complexity index is 925. The van der Waals surface area contributed by atoms with Gasteiger partial charge in [0.1, 0.15) is 24.7 Å². The first kappa shape index (κ1) is 22.1. The summed E-state index contributed by atoms with van der Waals surface area (Å²) in [5.41, 5.74) is 1.63. The van der Waals surface area contributed by atoms with Crippen LogP contribution in [0.4, 0.5) is 0 Å². The minimum Gasteiger partial charge on any atom is -0.491 e. The molecule has 3 aromatic rings. The Morgan fingerprint density at radius 2 is 1.69 bits per heavy atom. The van der Waals surface area contributed by atoms with Crippen molar-refractivity contribution in [3.8, 4) is 11.5 Å². The fourth-order valence-electron chi connectivity index (χ4n) is 2.57. The second-order valence-electron chi connectivity index (χ2n) is 5.93. The van der Waals surface area contributed by atoms with Crippen LogP contribution in [-0.4, -0.2) is 32.9 Å². The lowest BCUT2D eigenvalue weighted by Gasteiger charge is -2.13. The highest BCUT2D eigenvalue weighted by molar-refractivity contribution is 5.29. The molecule has 0 aliphatic carbocycles. The molecule has 0 saturated carbocycles. The van der Waals surface area contributed by atoms with E-state index in [1.165, 1.54) is 6.07 Å². The van der Waals surface area contributed by atoms with E-state index >= 15 is 0 Å². The zero-order valence-electron chi connectivity index (χ0n) is 17.0. The van der Waals surface area contributed by atoms with Gasteiger partial charge in [-0.3, -0.25) is 4.79 Å². The smallest absolute Gasteiger partial charge is 0.254 e. The van der Waals surface area contributed by atoms with Crippen LogP contribution in [0.1, 0.15) is 30.9 Å². The summed E-state index contributed by atoms with van der Waals surface area (Å²) in [4.78, 5) is 20.7. The van der Waals surface area contributed by atoms with Gasteiger partial charge in [-0.25, -0.2) is 9.97 Å². The van der Waals surface area contributed by atoms with E-state index < -0.39 is 0 Å². The summed E-state index contributed by atoms with van der Waals surface area (Å²) in [5, 5.41) is 8.78. The van der Waals surface area contributed by atoms with Crippen molar-refractivity contribution in [1.82, 2.24) is 14.5 Å². The fraction of sp³-hybridized carbons (Fsp3) is 0.318.